The quantitative estimate of drug-likeness (QED) is 0.694. The number of rotatable bonds is 0. The van der Waals surface area contributed by atoms with Crippen molar-refractivity contribution in [3.8, 4) is 0 Å². The fraction of sp³-hybridized carbons (Fsp3) is 0.600. The lowest BCUT2D eigenvalue weighted by molar-refractivity contribution is -0.0437. The molecule has 18 heavy (non-hydrogen) atoms. The molecule has 1 aromatic heterocycles. The average molecular weight is 248 g/mol. The fourth-order valence-corrected chi connectivity index (χ4v) is 3.55. The van der Waals surface area contributed by atoms with Crippen molar-refractivity contribution < 1.29 is 14.6 Å². The molecule has 1 aromatic rings. The Kier molecular flexibility index (Phi) is 2.48. The zero-order chi connectivity index (χ0) is 13.1. The van der Waals surface area contributed by atoms with Crippen molar-refractivity contribution in [2.24, 2.45) is 11.3 Å². The Hall–Kier alpha value is -1.06. The number of aliphatic hydroxyl groups is 2. The number of hydrogen-bond acceptors (Lipinski definition) is 3. The lowest BCUT2D eigenvalue weighted by Crippen LogP contribution is -2.45. The molecular weight excluding hydrogens is 228 g/mol. The van der Waals surface area contributed by atoms with E-state index in [-0.39, 0.29) is 17.4 Å². The monoisotopic (exact) mass is 248 g/mol. The van der Waals surface area contributed by atoms with E-state index < -0.39 is 6.10 Å². The summed E-state index contributed by atoms with van der Waals surface area (Å²) in [5, 5.41) is 20.9. The Balaban J connectivity index is 2.17. The van der Waals surface area contributed by atoms with Gasteiger partial charge >= 0.3 is 0 Å². The van der Waals surface area contributed by atoms with Crippen LogP contribution in [0.25, 0.3) is 0 Å². The molecule has 0 aromatic carbocycles. The summed E-state index contributed by atoms with van der Waals surface area (Å²) in [4.78, 5) is 0. The van der Waals surface area contributed by atoms with E-state index in [9.17, 15) is 10.2 Å². The zero-order valence-electron chi connectivity index (χ0n) is 11.1. The minimum atomic E-state index is -0.587. The molecule has 3 rings (SSSR count). The molecule has 0 fully saturated rings. The number of furan rings is 1. The molecule has 0 spiro atoms. The van der Waals surface area contributed by atoms with Crippen LogP contribution in [-0.2, 0) is 6.42 Å². The molecule has 0 amide bonds. The van der Waals surface area contributed by atoms with Crippen molar-refractivity contribution in [1.29, 1.82) is 0 Å². The van der Waals surface area contributed by atoms with Crippen LogP contribution in [0.3, 0.4) is 0 Å². The largest absolute Gasteiger partial charge is 0.468 e. The first kappa shape index (κ1) is 12.0. The van der Waals surface area contributed by atoms with E-state index in [4.69, 9.17) is 4.42 Å². The lowest BCUT2D eigenvalue weighted by atomic mass is 9.58. The third-order valence-electron chi connectivity index (χ3n) is 5.12. The van der Waals surface area contributed by atoms with Crippen LogP contribution in [0.1, 0.15) is 43.3 Å². The van der Waals surface area contributed by atoms with Crippen LogP contribution in [0, 0.1) is 18.3 Å². The van der Waals surface area contributed by atoms with Crippen molar-refractivity contribution in [2.45, 2.75) is 45.8 Å². The van der Waals surface area contributed by atoms with Crippen molar-refractivity contribution in [3.05, 3.63) is 34.8 Å². The van der Waals surface area contributed by atoms with Gasteiger partial charge in [0.15, 0.2) is 0 Å². The molecule has 3 nitrogen and oxygen atoms in total. The second-order valence-electron chi connectivity index (χ2n) is 5.94. The van der Waals surface area contributed by atoms with E-state index in [0.717, 1.165) is 23.3 Å². The lowest BCUT2D eigenvalue weighted by Gasteiger charge is -2.48. The molecule has 1 heterocycles. The van der Waals surface area contributed by atoms with Crippen molar-refractivity contribution in [2.75, 3.05) is 0 Å². The molecule has 0 bridgehead atoms. The standard InChI is InChI=1S/C15H20O3/c1-8-7-18-12-6-10-4-5-11(16)9(2)15(10,3)14(17)13(8)12/h4,7,9,11,14,16-17H,5-6H2,1-3H3/t9-,11+,14+,15+/m0/s1. The van der Waals surface area contributed by atoms with Crippen LogP contribution in [0.5, 0.6) is 0 Å². The van der Waals surface area contributed by atoms with Gasteiger partial charge in [-0.1, -0.05) is 25.5 Å². The van der Waals surface area contributed by atoms with E-state index in [2.05, 4.69) is 13.0 Å². The SMILES string of the molecule is Cc1coc2c1[C@@H](O)[C@@]1(C)C(=CC[C@@H](O)[C@@H]1C)C2. The minimum Gasteiger partial charge on any atom is -0.468 e. The Labute approximate surface area is 107 Å². The number of hydrogen-bond donors (Lipinski definition) is 2. The molecule has 3 heteroatoms. The Morgan fingerprint density at radius 2 is 2.11 bits per heavy atom. The molecule has 0 unspecified atom stereocenters. The van der Waals surface area contributed by atoms with Crippen LogP contribution < -0.4 is 0 Å². The molecule has 0 saturated carbocycles. The summed E-state index contributed by atoms with van der Waals surface area (Å²) < 4.78 is 5.55. The Morgan fingerprint density at radius 3 is 2.83 bits per heavy atom. The van der Waals surface area contributed by atoms with Crippen LogP contribution in [-0.4, -0.2) is 16.3 Å². The molecule has 2 aliphatic rings. The fourth-order valence-electron chi connectivity index (χ4n) is 3.55. The summed E-state index contributed by atoms with van der Waals surface area (Å²) in [5.41, 5.74) is 2.76. The molecule has 0 aliphatic heterocycles. The van der Waals surface area contributed by atoms with Crippen LogP contribution >= 0.6 is 0 Å². The smallest absolute Gasteiger partial charge is 0.113 e. The second-order valence-corrected chi connectivity index (χ2v) is 5.94. The van der Waals surface area contributed by atoms with Crippen LogP contribution in [0.4, 0.5) is 0 Å². The predicted molar refractivity (Wildman–Crippen MR) is 68.1 cm³/mol. The van der Waals surface area contributed by atoms with Gasteiger partial charge in [-0.15, -0.1) is 0 Å². The molecule has 2 N–H and O–H groups in total. The van der Waals surface area contributed by atoms with Gasteiger partial charge in [0.1, 0.15) is 5.76 Å². The normalized spacial score (nSPS) is 38.9. The number of fused-ring (bicyclic) bond motifs is 2. The highest BCUT2D eigenvalue weighted by molar-refractivity contribution is 5.42. The van der Waals surface area contributed by atoms with Gasteiger partial charge in [0.2, 0.25) is 0 Å². The van der Waals surface area contributed by atoms with Gasteiger partial charge in [-0.3, -0.25) is 0 Å². The topological polar surface area (TPSA) is 53.6 Å². The summed E-state index contributed by atoms with van der Waals surface area (Å²) in [5.74, 6) is 0.933. The first-order valence-corrected chi connectivity index (χ1v) is 6.58. The van der Waals surface area contributed by atoms with Crippen molar-refractivity contribution >= 4 is 0 Å². The third kappa shape index (κ3) is 1.32. The highest BCUT2D eigenvalue weighted by Gasteiger charge is 2.51. The van der Waals surface area contributed by atoms with E-state index in [0.29, 0.717) is 6.42 Å². The summed E-state index contributed by atoms with van der Waals surface area (Å²) >= 11 is 0. The first-order valence-electron chi connectivity index (χ1n) is 6.58. The van der Waals surface area contributed by atoms with Crippen LogP contribution in [0.2, 0.25) is 0 Å². The molecular formula is C15H20O3. The van der Waals surface area contributed by atoms with Crippen molar-refractivity contribution in [1.82, 2.24) is 0 Å². The van der Waals surface area contributed by atoms with Gasteiger partial charge in [0.05, 0.1) is 18.5 Å². The number of aliphatic hydroxyl groups excluding tert-OH is 2. The average Bonchev–Trinajstić information content (AvgIpc) is 2.70. The molecule has 98 valence electrons. The van der Waals surface area contributed by atoms with Gasteiger partial charge in [-0.05, 0) is 24.8 Å². The highest BCUT2D eigenvalue weighted by atomic mass is 16.3. The van der Waals surface area contributed by atoms with Crippen molar-refractivity contribution in [3.63, 3.8) is 0 Å². The molecule has 4 atom stereocenters. The van der Waals surface area contributed by atoms with E-state index in [1.165, 1.54) is 5.57 Å². The summed E-state index contributed by atoms with van der Waals surface area (Å²) in [6.07, 6.45) is 4.27. The Morgan fingerprint density at radius 1 is 1.39 bits per heavy atom. The van der Waals surface area contributed by atoms with E-state index >= 15 is 0 Å². The van der Waals surface area contributed by atoms with E-state index in [1.807, 2.05) is 13.8 Å². The summed E-state index contributed by atoms with van der Waals surface area (Å²) in [7, 11) is 0. The second kappa shape index (κ2) is 3.72. The van der Waals surface area contributed by atoms with Crippen LogP contribution in [0.15, 0.2) is 22.3 Å². The van der Waals surface area contributed by atoms with Gasteiger partial charge in [-0.25, -0.2) is 0 Å². The van der Waals surface area contributed by atoms with Gasteiger partial charge in [-0.2, -0.15) is 0 Å². The Bertz CT molecular complexity index is 514. The highest BCUT2D eigenvalue weighted by Crippen LogP contribution is 2.55. The predicted octanol–water partition coefficient (Wildman–Crippen LogP) is 2.51. The molecule has 0 saturated heterocycles. The van der Waals surface area contributed by atoms with Gasteiger partial charge in [0.25, 0.3) is 0 Å². The van der Waals surface area contributed by atoms with Gasteiger partial charge < -0.3 is 14.6 Å². The number of aryl methyl sites for hydroxylation is 1. The summed E-state index contributed by atoms with van der Waals surface area (Å²) in [6.45, 7) is 6.06. The first-order chi connectivity index (χ1) is 8.46. The molecule has 0 radical (unpaired) electrons. The zero-order valence-corrected chi connectivity index (χ0v) is 11.1. The maximum atomic E-state index is 10.8. The maximum absolute atomic E-state index is 10.8. The molecule has 2 aliphatic carbocycles. The third-order valence-corrected chi connectivity index (χ3v) is 5.12. The summed E-state index contributed by atoms with van der Waals surface area (Å²) in [6, 6.07) is 0. The maximum Gasteiger partial charge on any atom is 0.113 e. The van der Waals surface area contributed by atoms with Gasteiger partial charge in [0, 0.05) is 17.4 Å². The minimum absolute atomic E-state index is 0.0509. The van der Waals surface area contributed by atoms with E-state index in [1.54, 1.807) is 6.26 Å².